The number of rotatable bonds is 8. The number of carboxylic acids is 2. The van der Waals surface area contributed by atoms with Crippen LogP contribution < -0.4 is 0 Å². The van der Waals surface area contributed by atoms with Crippen molar-refractivity contribution in [2.45, 2.75) is 51.2 Å². The van der Waals surface area contributed by atoms with E-state index in [-0.39, 0.29) is 12.8 Å². The molecule has 0 aromatic heterocycles. The van der Waals surface area contributed by atoms with E-state index in [4.69, 9.17) is 14.6 Å². The SMILES string of the molecule is CCC(CC(=O)O)(OC)C(CC)(OC(C)=O)C(=O)O. The third-order valence-electron chi connectivity index (χ3n) is 3.30. The molecular formula is C12H20O7. The minimum absolute atomic E-state index is 0.0726. The van der Waals surface area contributed by atoms with Crippen LogP contribution in [0.1, 0.15) is 40.0 Å². The Morgan fingerprint density at radius 1 is 1.11 bits per heavy atom. The van der Waals surface area contributed by atoms with Gasteiger partial charge in [0.25, 0.3) is 0 Å². The Hall–Kier alpha value is -1.63. The summed E-state index contributed by atoms with van der Waals surface area (Å²) in [7, 11) is 1.21. The average Bonchev–Trinajstić information content (AvgIpc) is 2.32. The molecule has 0 bridgehead atoms. The van der Waals surface area contributed by atoms with Crippen LogP contribution in [0.4, 0.5) is 0 Å². The fraction of sp³-hybridized carbons (Fsp3) is 0.750. The summed E-state index contributed by atoms with van der Waals surface area (Å²) in [5.41, 5.74) is -3.65. The molecule has 19 heavy (non-hydrogen) atoms. The highest BCUT2D eigenvalue weighted by atomic mass is 16.6. The van der Waals surface area contributed by atoms with Gasteiger partial charge in [-0.3, -0.25) is 9.59 Å². The lowest BCUT2D eigenvalue weighted by Crippen LogP contribution is -2.62. The Kier molecular flexibility index (Phi) is 5.95. The van der Waals surface area contributed by atoms with Gasteiger partial charge in [-0.15, -0.1) is 0 Å². The van der Waals surface area contributed by atoms with Crippen LogP contribution >= 0.6 is 0 Å². The van der Waals surface area contributed by atoms with E-state index in [0.717, 1.165) is 6.92 Å². The first kappa shape index (κ1) is 17.4. The van der Waals surface area contributed by atoms with Gasteiger partial charge < -0.3 is 19.7 Å². The normalized spacial score (nSPS) is 17.1. The first-order valence-corrected chi connectivity index (χ1v) is 5.91. The van der Waals surface area contributed by atoms with Crippen LogP contribution in [-0.4, -0.2) is 46.4 Å². The standard InChI is InChI=1S/C12H20O7/c1-5-11(18-4,7-9(14)15)12(6-2,10(16)17)19-8(3)13/h5-7H2,1-4H3,(H,14,15)(H,16,17). The lowest BCUT2D eigenvalue weighted by molar-refractivity contribution is -0.221. The quantitative estimate of drug-likeness (QED) is 0.637. The highest BCUT2D eigenvalue weighted by Crippen LogP contribution is 2.39. The van der Waals surface area contributed by atoms with Gasteiger partial charge in [0.1, 0.15) is 5.60 Å². The highest BCUT2D eigenvalue weighted by molar-refractivity contribution is 5.84. The maximum Gasteiger partial charge on any atom is 0.351 e. The van der Waals surface area contributed by atoms with Gasteiger partial charge in [-0.1, -0.05) is 13.8 Å². The van der Waals surface area contributed by atoms with Gasteiger partial charge in [0, 0.05) is 14.0 Å². The largest absolute Gasteiger partial charge is 0.481 e. The molecule has 7 heteroatoms. The van der Waals surface area contributed by atoms with Crippen molar-refractivity contribution in [2.24, 2.45) is 0 Å². The number of esters is 1. The molecule has 0 aromatic carbocycles. The Morgan fingerprint density at radius 2 is 1.63 bits per heavy atom. The van der Waals surface area contributed by atoms with E-state index < -0.39 is 35.5 Å². The number of carbonyl (C=O) groups excluding carboxylic acids is 1. The van der Waals surface area contributed by atoms with Crippen molar-refractivity contribution in [1.29, 1.82) is 0 Å². The molecule has 0 spiro atoms. The van der Waals surface area contributed by atoms with Crippen LogP contribution in [0.2, 0.25) is 0 Å². The van der Waals surface area contributed by atoms with Gasteiger partial charge in [0.15, 0.2) is 0 Å². The summed E-state index contributed by atoms with van der Waals surface area (Å²) in [6.45, 7) is 4.16. The molecule has 0 saturated carbocycles. The topological polar surface area (TPSA) is 110 Å². The molecular weight excluding hydrogens is 256 g/mol. The summed E-state index contributed by atoms with van der Waals surface area (Å²) in [5.74, 6) is -3.45. The monoisotopic (exact) mass is 276 g/mol. The highest BCUT2D eigenvalue weighted by Gasteiger charge is 2.59. The van der Waals surface area contributed by atoms with Gasteiger partial charge in [-0.05, 0) is 12.8 Å². The zero-order chi connectivity index (χ0) is 15.3. The second-order valence-corrected chi connectivity index (χ2v) is 4.20. The summed E-state index contributed by atoms with van der Waals surface area (Å²) in [6.07, 6.45) is -0.604. The fourth-order valence-corrected chi connectivity index (χ4v) is 2.30. The molecule has 2 N–H and O–H groups in total. The van der Waals surface area contributed by atoms with Crippen LogP contribution in [0.5, 0.6) is 0 Å². The summed E-state index contributed by atoms with van der Waals surface area (Å²) in [5, 5.41) is 18.4. The van der Waals surface area contributed by atoms with Crippen LogP contribution in [0.15, 0.2) is 0 Å². The van der Waals surface area contributed by atoms with Crippen molar-refractivity contribution >= 4 is 17.9 Å². The van der Waals surface area contributed by atoms with Gasteiger partial charge in [0.05, 0.1) is 6.42 Å². The van der Waals surface area contributed by atoms with Gasteiger partial charge in [-0.25, -0.2) is 4.79 Å². The van der Waals surface area contributed by atoms with Gasteiger partial charge in [0.2, 0.25) is 5.60 Å². The molecule has 0 amide bonds. The minimum atomic E-state index is -2.03. The molecule has 0 fully saturated rings. The predicted octanol–water partition coefficient (Wildman–Crippen LogP) is 1.05. The van der Waals surface area contributed by atoms with E-state index in [0.29, 0.717) is 0 Å². The molecule has 0 heterocycles. The molecule has 0 aliphatic heterocycles. The number of methoxy groups -OCH3 is 1. The molecule has 7 nitrogen and oxygen atoms in total. The molecule has 110 valence electrons. The molecule has 0 saturated heterocycles. The van der Waals surface area contributed by atoms with E-state index in [9.17, 15) is 19.5 Å². The third kappa shape index (κ3) is 3.23. The molecule has 0 radical (unpaired) electrons. The summed E-state index contributed by atoms with van der Waals surface area (Å²) >= 11 is 0. The van der Waals surface area contributed by atoms with E-state index in [1.807, 2.05) is 0 Å². The molecule has 0 aromatic rings. The van der Waals surface area contributed by atoms with Crippen LogP contribution in [0.25, 0.3) is 0 Å². The molecule has 2 atom stereocenters. The maximum atomic E-state index is 11.6. The van der Waals surface area contributed by atoms with E-state index >= 15 is 0 Å². The van der Waals surface area contributed by atoms with Crippen molar-refractivity contribution < 1.29 is 34.1 Å². The second-order valence-electron chi connectivity index (χ2n) is 4.20. The molecule has 0 aliphatic carbocycles. The van der Waals surface area contributed by atoms with E-state index in [2.05, 4.69) is 0 Å². The second kappa shape index (κ2) is 6.51. The first-order chi connectivity index (χ1) is 8.71. The van der Waals surface area contributed by atoms with Crippen LogP contribution in [-0.2, 0) is 23.9 Å². The average molecular weight is 276 g/mol. The lowest BCUT2D eigenvalue weighted by Gasteiger charge is -2.44. The Morgan fingerprint density at radius 3 is 1.84 bits per heavy atom. The molecule has 0 rings (SSSR count). The molecule has 2 unspecified atom stereocenters. The fourth-order valence-electron chi connectivity index (χ4n) is 2.30. The van der Waals surface area contributed by atoms with Crippen molar-refractivity contribution in [2.75, 3.05) is 7.11 Å². The number of hydrogen-bond acceptors (Lipinski definition) is 5. The predicted molar refractivity (Wildman–Crippen MR) is 64.7 cm³/mol. The van der Waals surface area contributed by atoms with Crippen molar-refractivity contribution in [3.05, 3.63) is 0 Å². The zero-order valence-electron chi connectivity index (χ0n) is 11.6. The summed E-state index contributed by atoms with van der Waals surface area (Å²) < 4.78 is 10.1. The van der Waals surface area contributed by atoms with E-state index in [1.165, 1.54) is 14.0 Å². The Bertz CT molecular complexity index is 359. The third-order valence-corrected chi connectivity index (χ3v) is 3.30. The molecule has 0 aliphatic rings. The minimum Gasteiger partial charge on any atom is -0.481 e. The van der Waals surface area contributed by atoms with Gasteiger partial charge in [-0.2, -0.15) is 0 Å². The van der Waals surface area contributed by atoms with E-state index in [1.54, 1.807) is 6.92 Å². The number of carboxylic acid groups (broad SMARTS) is 2. The van der Waals surface area contributed by atoms with Crippen molar-refractivity contribution in [3.63, 3.8) is 0 Å². The number of hydrogen-bond donors (Lipinski definition) is 2. The van der Waals surface area contributed by atoms with Crippen molar-refractivity contribution in [1.82, 2.24) is 0 Å². The summed E-state index contributed by atoms with van der Waals surface area (Å²) in [6, 6.07) is 0. The zero-order valence-corrected chi connectivity index (χ0v) is 11.6. The first-order valence-electron chi connectivity index (χ1n) is 5.91. The smallest absolute Gasteiger partial charge is 0.351 e. The van der Waals surface area contributed by atoms with Crippen LogP contribution in [0.3, 0.4) is 0 Å². The summed E-state index contributed by atoms with van der Waals surface area (Å²) in [4.78, 5) is 33.8. The Labute approximate surface area is 111 Å². The number of aliphatic carboxylic acids is 2. The van der Waals surface area contributed by atoms with Gasteiger partial charge >= 0.3 is 17.9 Å². The number of carbonyl (C=O) groups is 3. The number of ether oxygens (including phenoxy) is 2. The van der Waals surface area contributed by atoms with Crippen LogP contribution in [0, 0.1) is 0 Å². The lowest BCUT2D eigenvalue weighted by atomic mass is 9.75. The van der Waals surface area contributed by atoms with Crippen molar-refractivity contribution in [3.8, 4) is 0 Å². The maximum absolute atomic E-state index is 11.6. The Balaban J connectivity index is 5.92.